The van der Waals surface area contributed by atoms with Crippen molar-refractivity contribution in [3.8, 4) is 11.5 Å². The van der Waals surface area contributed by atoms with Gasteiger partial charge in [0.15, 0.2) is 11.5 Å². The van der Waals surface area contributed by atoms with Gasteiger partial charge in [0, 0.05) is 12.2 Å². The minimum atomic E-state index is -5.49. The first kappa shape index (κ1) is 25.1. The number of sulfonamides is 1. The van der Waals surface area contributed by atoms with Crippen LogP contribution in [0.3, 0.4) is 0 Å². The van der Waals surface area contributed by atoms with Crippen LogP contribution in [-0.4, -0.2) is 57.9 Å². The topological polar surface area (TPSA) is 140 Å². The molecule has 0 unspecified atom stereocenters. The monoisotopic (exact) mass is 502 g/mol. The zero-order valence-corrected chi connectivity index (χ0v) is 18.8. The minimum Gasteiger partial charge on any atom is -0.493 e. The number of nitrogens with zero attached hydrogens (tertiary/aromatic N) is 1. The standard InChI is InChI=1S/C20H21F3N4O6S/c1-32-15-8-3-12(11-16(15)33-2)9-10-27-17(28)19(20(21,22)23,25-18(27)29)26-34(30,31)14-6-4-13(24)5-7-14/h3-8,11,26H,9-10,24H2,1-2H3,(H,25,29)/t19-/m1/s1. The number of nitrogens with one attached hydrogen (secondary N) is 2. The Kier molecular flexibility index (Phi) is 6.66. The summed E-state index contributed by atoms with van der Waals surface area (Å²) in [6.45, 7) is -0.457. The number of nitrogen functional groups attached to an aromatic ring is 1. The van der Waals surface area contributed by atoms with Crippen molar-refractivity contribution in [1.82, 2.24) is 14.9 Å². The molecule has 1 heterocycles. The first-order valence-electron chi connectivity index (χ1n) is 9.66. The van der Waals surface area contributed by atoms with Crippen LogP contribution >= 0.6 is 0 Å². The Hall–Kier alpha value is -3.52. The summed E-state index contributed by atoms with van der Waals surface area (Å²) >= 11 is 0. The third-order valence-electron chi connectivity index (χ3n) is 5.08. The van der Waals surface area contributed by atoms with Gasteiger partial charge in [-0.2, -0.15) is 17.9 Å². The van der Waals surface area contributed by atoms with Gasteiger partial charge in [0.05, 0.1) is 19.1 Å². The smallest absolute Gasteiger partial charge is 0.435 e. The molecular weight excluding hydrogens is 481 g/mol. The molecule has 1 fully saturated rings. The van der Waals surface area contributed by atoms with E-state index < -0.39 is 45.2 Å². The van der Waals surface area contributed by atoms with E-state index in [-0.39, 0.29) is 12.1 Å². The molecular formula is C20H21F3N4O6S. The van der Waals surface area contributed by atoms with Crippen molar-refractivity contribution in [2.24, 2.45) is 0 Å². The first-order chi connectivity index (χ1) is 15.8. The summed E-state index contributed by atoms with van der Waals surface area (Å²) in [5.41, 5.74) is 2.31. The molecule has 34 heavy (non-hydrogen) atoms. The van der Waals surface area contributed by atoms with Gasteiger partial charge in [0.25, 0.3) is 11.6 Å². The highest BCUT2D eigenvalue weighted by atomic mass is 32.2. The number of amides is 3. The Morgan fingerprint density at radius 2 is 1.68 bits per heavy atom. The average molecular weight is 502 g/mol. The number of ether oxygens (including phenoxy) is 2. The van der Waals surface area contributed by atoms with Crippen molar-refractivity contribution in [2.45, 2.75) is 23.2 Å². The lowest BCUT2D eigenvalue weighted by atomic mass is 10.1. The fourth-order valence-corrected chi connectivity index (χ4v) is 4.55. The number of carbonyl (C=O) groups excluding carboxylic acids is 2. The molecule has 0 saturated carbocycles. The van der Waals surface area contributed by atoms with Crippen molar-refractivity contribution in [3.63, 3.8) is 0 Å². The van der Waals surface area contributed by atoms with E-state index in [1.54, 1.807) is 12.1 Å². The molecule has 1 atom stereocenters. The summed E-state index contributed by atoms with van der Waals surface area (Å²) in [4.78, 5) is 24.9. The number of hydrogen-bond donors (Lipinski definition) is 3. The molecule has 1 aliphatic rings. The number of benzene rings is 2. The van der Waals surface area contributed by atoms with E-state index in [2.05, 4.69) is 0 Å². The lowest BCUT2D eigenvalue weighted by molar-refractivity contribution is -0.198. The lowest BCUT2D eigenvalue weighted by Gasteiger charge is -2.29. The van der Waals surface area contributed by atoms with Crippen molar-refractivity contribution >= 4 is 27.6 Å². The molecule has 3 rings (SSSR count). The number of anilines is 1. The molecule has 10 nitrogen and oxygen atoms in total. The predicted molar refractivity (Wildman–Crippen MR) is 113 cm³/mol. The minimum absolute atomic E-state index is 0.0296. The predicted octanol–water partition coefficient (Wildman–Crippen LogP) is 1.62. The van der Waals surface area contributed by atoms with E-state index in [0.29, 0.717) is 22.0 Å². The Balaban J connectivity index is 1.87. The van der Waals surface area contributed by atoms with Gasteiger partial charge in [0.2, 0.25) is 10.0 Å². The number of hydrogen-bond acceptors (Lipinski definition) is 7. The van der Waals surface area contributed by atoms with Crippen LogP contribution in [0, 0.1) is 0 Å². The van der Waals surface area contributed by atoms with Crippen LogP contribution in [0.15, 0.2) is 47.4 Å². The fourth-order valence-electron chi connectivity index (χ4n) is 3.28. The van der Waals surface area contributed by atoms with Crippen LogP contribution in [0.2, 0.25) is 0 Å². The second-order valence-electron chi connectivity index (χ2n) is 7.25. The molecule has 184 valence electrons. The molecule has 3 amide bonds. The highest BCUT2D eigenvalue weighted by Gasteiger charge is 2.69. The molecule has 0 aliphatic carbocycles. The zero-order chi connectivity index (χ0) is 25.3. The van der Waals surface area contributed by atoms with E-state index >= 15 is 0 Å². The Bertz CT molecular complexity index is 1200. The number of alkyl halides is 3. The van der Waals surface area contributed by atoms with Gasteiger partial charge < -0.3 is 20.5 Å². The SMILES string of the molecule is COc1ccc(CCN2C(=O)N[C@](NS(=O)(=O)c3ccc(N)cc3)(C(F)(F)F)C2=O)cc1OC. The highest BCUT2D eigenvalue weighted by molar-refractivity contribution is 7.89. The number of rotatable bonds is 8. The molecule has 1 aliphatic heterocycles. The van der Waals surface area contributed by atoms with Crippen LogP contribution in [0.5, 0.6) is 11.5 Å². The van der Waals surface area contributed by atoms with Gasteiger partial charge in [-0.3, -0.25) is 9.69 Å². The van der Waals surface area contributed by atoms with Crippen LogP contribution < -0.4 is 25.2 Å². The molecule has 0 aromatic heterocycles. The number of urea groups is 1. The molecule has 0 bridgehead atoms. The summed E-state index contributed by atoms with van der Waals surface area (Å²) in [6, 6.07) is 7.55. The van der Waals surface area contributed by atoms with Gasteiger partial charge >= 0.3 is 12.2 Å². The van der Waals surface area contributed by atoms with E-state index in [1.807, 2.05) is 0 Å². The van der Waals surface area contributed by atoms with Crippen molar-refractivity contribution in [2.75, 3.05) is 26.5 Å². The van der Waals surface area contributed by atoms with Crippen LogP contribution in [-0.2, 0) is 21.2 Å². The summed E-state index contributed by atoms with van der Waals surface area (Å²) in [7, 11) is -2.07. The molecule has 14 heteroatoms. The summed E-state index contributed by atoms with van der Waals surface area (Å²) < 4.78 is 78.9. The van der Waals surface area contributed by atoms with E-state index in [0.717, 1.165) is 12.1 Å². The van der Waals surface area contributed by atoms with Gasteiger partial charge in [-0.25, -0.2) is 13.2 Å². The third kappa shape index (κ3) is 4.59. The van der Waals surface area contributed by atoms with Crippen LogP contribution in [0.4, 0.5) is 23.7 Å². The van der Waals surface area contributed by atoms with Gasteiger partial charge in [-0.1, -0.05) is 6.07 Å². The normalized spacial score (nSPS) is 18.7. The van der Waals surface area contributed by atoms with E-state index in [4.69, 9.17) is 15.2 Å². The second kappa shape index (κ2) is 9.02. The molecule has 2 aromatic carbocycles. The summed E-state index contributed by atoms with van der Waals surface area (Å²) in [6.07, 6.45) is -5.52. The molecule has 1 saturated heterocycles. The zero-order valence-electron chi connectivity index (χ0n) is 18.0. The van der Waals surface area contributed by atoms with Gasteiger partial charge in [-0.05, 0) is 48.4 Å². The summed E-state index contributed by atoms with van der Waals surface area (Å²) in [5, 5.41) is 1.47. The molecule has 0 spiro atoms. The first-order valence-corrected chi connectivity index (χ1v) is 11.1. The third-order valence-corrected chi connectivity index (χ3v) is 6.55. The Labute approximate surface area is 192 Å². The molecule has 4 N–H and O–H groups in total. The average Bonchev–Trinajstić information content (AvgIpc) is 3.01. The fraction of sp³-hybridized carbons (Fsp3) is 0.300. The van der Waals surface area contributed by atoms with Gasteiger partial charge in [0.1, 0.15) is 0 Å². The maximum Gasteiger partial charge on any atom is 0.435 e. The van der Waals surface area contributed by atoms with Crippen molar-refractivity contribution in [1.29, 1.82) is 0 Å². The Morgan fingerprint density at radius 3 is 2.24 bits per heavy atom. The van der Waals surface area contributed by atoms with Crippen molar-refractivity contribution < 1.29 is 40.7 Å². The molecule has 2 aromatic rings. The number of nitrogens with two attached hydrogens (primary N) is 1. The number of carbonyl (C=O) groups is 2. The summed E-state index contributed by atoms with van der Waals surface area (Å²) in [5.74, 6) is -1.04. The maximum atomic E-state index is 14.0. The highest BCUT2D eigenvalue weighted by Crippen LogP contribution is 2.35. The second-order valence-corrected chi connectivity index (χ2v) is 8.93. The van der Waals surface area contributed by atoms with Crippen molar-refractivity contribution in [3.05, 3.63) is 48.0 Å². The van der Waals surface area contributed by atoms with Crippen LogP contribution in [0.25, 0.3) is 0 Å². The molecule has 0 radical (unpaired) electrons. The van der Waals surface area contributed by atoms with Gasteiger partial charge in [-0.15, -0.1) is 0 Å². The number of halogens is 3. The maximum absolute atomic E-state index is 14.0. The van der Waals surface area contributed by atoms with E-state index in [1.165, 1.54) is 42.5 Å². The van der Waals surface area contributed by atoms with Crippen LogP contribution in [0.1, 0.15) is 5.56 Å². The Morgan fingerprint density at radius 1 is 1.06 bits per heavy atom. The van der Waals surface area contributed by atoms with E-state index in [9.17, 15) is 31.2 Å². The number of imide groups is 1. The lowest BCUT2D eigenvalue weighted by Crippen LogP contribution is -2.69. The largest absolute Gasteiger partial charge is 0.493 e. The number of methoxy groups -OCH3 is 2. The quantitative estimate of drug-likeness (QED) is 0.368.